The molecule has 16 heavy (non-hydrogen) atoms. The molecule has 0 aromatic heterocycles. The monoisotopic (exact) mass is 230 g/mol. The van der Waals surface area contributed by atoms with Crippen LogP contribution in [0, 0.1) is 5.92 Å². The van der Waals surface area contributed by atoms with Gasteiger partial charge in [0.1, 0.15) is 5.84 Å². The Labute approximate surface area is 98.7 Å². The van der Waals surface area contributed by atoms with Gasteiger partial charge in [0, 0.05) is 19.0 Å². The molecule has 0 fully saturated rings. The van der Waals surface area contributed by atoms with E-state index in [4.69, 9.17) is 10.9 Å². The average molecular weight is 230 g/mol. The lowest BCUT2D eigenvalue weighted by Crippen LogP contribution is -2.42. The van der Waals surface area contributed by atoms with Gasteiger partial charge < -0.3 is 21.2 Å². The topological polar surface area (TPSA) is 73.9 Å². The minimum Gasteiger partial charge on any atom is -0.409 e. The molecule has 0 amide bonds. The predicted octanol–water partition coefficient (Wildman–Crippen LogP) is 0.689. The zero-order chi connectivity index (χ0) is 12.6. The highest BCUT2D eigenvalue weighted by atomic mass is 16.4. The summed E-state index contributed by atoms with van der Waals surface area (Å²) in [5, 5.41) is 14.8. The number of amidine groups is 1. The number of nitrogens with one attached hydrogen (secondary N) is 1. The first-order chi connectivity index (χ1) is 7.47. The van der Waals surface area contributed by atoms with Crippen molar-refractivity contribution in [1.82, 2.24) is 10.2 Å². The van der Waals surface area contributed by atoms with Crippen molar-refractivity contribution in [2.75, 3.05) is 27.2 Å². The highest BCUT2D eigenvalue weighted by Gasteiger charge is 2.12. The van der Waals surface area contributed by atoms with Crippen molar-refractivity contribution in [2.45, 2.75) is 32.7 Å². The molecule has 0 bridgehead atoms. The van der Waals surface area contributed by atoms with Gasteiger partial charge in [-0.3, -0.25) is 0 Å². The van der Waals surface area contributed by atoms with Gasteiger partial charge in [-0.05, 0) is 33.0 Å². The number of rotatable bonds is 8. The molecular weight excluding hydrogens is 204 g/mol. The van der Waals surface area contributed by atoms with Crippen LogP contribution in [0.5, 0.6) is 0 Å². The van der Waals surface area contributed by atoms with Crippen LogP contribution in [0.15, 0.2) is 5.16 Å². The van der Waals surface area contributed by atoms with E-state index in [1.807, 2.05) is 0 Å². The lowest BCUT2D eigenvalue weighted by Gasteiger charge is -2.25. The van der Waals surface area contributed by atoms with Crippen LogP contribution < -0.4 is 11.1 Å². The van der Waals surface area contributed by atoms with Crippen LogP contribution in [0.2, 0.25) is 0 Å². The predicted molar refractivity (Wildman–Crippen MR) is 67.8 cm³/mol. The Kier molecular flexibility index (Phi) is 7.93. The van der Waals surface area contributed by atoms with Crippen molar-refractivity contribution >= 4 is 5.84 Å². The number of hydrogen-bond donors (Lipinski definition) is 3. The number of nitrogens with two attached hydrogens (primary N) is 1. The Hall–Kier alpha value is -0.810. The molecule has 0 aromatic carbocycles. The first kappa shape index (κ1) is 15.2. The first-order valence-corrected chi connectivity index (χ1v) is 5.82. The summed E-state index contributed by atoms with van der Waals surface area (Å²) in [7, 11) is 4.15. The van der Waals surface area contributed by atoms with E-state index in [0.29, 0.717) is 24.2 Å². The Bertz CT molecular complexity index is 204. The Morgan fingerprint density at radius 3 is 2.50 bits per heavy atom. The molecule has 0 saturated heterocycles. The molecule has 0 heterocycles. The van der Waals surface area contributed by atoms with E-state index in [1.165, 1.54) is 0 Å². The fourth-order valence-electron chi connectivity index (χ4n) is 1.51. The standard InChI is InChI=1S/C11H26N4O/c1-9(2)10(8-15(3)4)13-7-5-6-11(12)14-16/h9-10,13,16H,5-8H2,1-4H3,(H2,12,14). The van der Waals surface area contributed by atoms with E-state index in [-0.39, 0.29) is 0 Å². The number of nitrogens with zero attached hydrogens (tertiary/aromatic N) is 2. The summed E-state index contributed by atoms with van der Waals surface area (Å²) in [6, 6.07) is 0.488. The van der Waals surface area contributed by atoms with Crippen LogP contribution in [0.25, 0.3) is 0 Å². The minimum atomic E-state index is 0.301. The molecule has 0 aliphatic heterocycles. The largest absolute Gasteiger partial charge is 0.409 e. The third kappa shape index (κ3) is 7.48. The van der Waals surface area contributed by atoms with Gasteiger partial charge in [0.2, 0.25) is 0 Å². The smallest absolute Gasteiger partial charge is 0.139 e. The zero-order valence-corrected chi connectivity index (χ0v) is 10.9. The van der Waals surface area contributed by atoms with E-state index < -0.39 is 0 Å². The maximum absolute atomic E-state index is 8.39. The normalized spacial score (nSPS) is 14.8. The number of likely N-dealkylation sites (N-methyl/N-ethyl adjacent to an activating group) is 1. The van der Waals surface area contributed by atoms with Crippen LogP contribution in [0.4, 0.5) is 0 Å². The Morgan fingerprint density at radius 1 is 1.44 bits per heavy atom. The van der Waals surface area contributed by atoms with Crippen molar-refractivity contribution in [3.8, 4) is 0 Å². The van der Waals surface area contributed by atoms with Gasteiger partial charge in [0.05, 0.1) is 0 Å². The number of oxime groups is 1. The van der Waals surface area contributed by atoms with Gasteiger partial charge in [-0.1, -0.05) is 19.0 Å². The maximum Gasteiger partial charge on any atom is 0.139 e. The fourth-order valence-corrected chi connectivity index (χ4v) is 1.51. The molecule has 0 aromatic rings. The fraction of sp³-hybridized carbons (Fsp3) is 0.909. The molecule has 0 saturated carbocycles. The van der Waals surface area contributed by atoms with E-state index in [0.717, 1.165) is 19.5 Å². The van der Waals surface area contributed by atoms with Crippen LogP contribution in [0.3, 0.4) is 0 Å². The van der Waals surface area contributed by atoms with Crippen molar-refractivity contribution in [1.29, 1.82) is 0 Å². The third-order valence-electron chi connectivity index (χ3n) is 2.51. The SMILES string of the molecule is CC(C)C(CN(C)C)NCCCC(N)=NO. The molecule has 0 aliphatic rings. The Balaban J connectivity index is 3.77. The molecule has 1 unspecified atom stereocenters. The highest BCUT2D eigenvalue weighted by molar-refractivity contribution is 5.79. The molecule has 0 spiro atoms. The quantitative estimate of drug-likeness (QED) is 0.189. The van der Waals surface area contributed by atoms with Gasteiger partial charge >= 0.3 is 0 Å². The number of hydrogen-bond acceptors (Lipinski definition) is 4. The molecule has 4 N–H and O–H groups in total. The van der Waals surface area contributed by atoms with E-state index in [1.54, 1.807) is 0 Å². The van der Waals surface area contributed by atoms with Gasteiger partial charge in [0.15, 0.2) is 0 Å². The summed E-state index contributed by atoms with van der Waals surface area (Å²) in [5.41, 5.74) is 5.39. The van der Waals surface area contributed by atoms with Crippen LogP contribution in [0.1, 0.15) is 26.7 Å². The second kappa shape index (κ2) is 8.35. The van der Waals surface area contributed by atoms with Crippen molar-refractivity contribution in [3.63, 3.8) is 0 Å². The first-order valence-electron chi connectivity index (χ1n) is 5.82. The summed E-state index contributed by atoms with van der Waals surface area (Å²) in [6.07, 6.45) is 1.53. The maximum atomic E-state index is 8.39. The zero-order valence-electron chi connectivity index (χ0n) is 10.9. The van der Waals surface area contributed by atoms with E-state index in [9.17, 15) is 0 Å². The van der Waals surface area contributed by atoms with Crippen molar-refractivity contribution < 1.29 is 5.21 Å². The molecule has 5 nitrogen and oxygen atoms in total. The summed E-state index contributed by atoms with van der Waals surface area (Å²) in [6.45, 7) is 6.35. The molecule has 5 heteroatoms. The molecule has 96 valence electrons. The van der Waals surface area contributed by atoms with Gasteiger partial charge in [0.25, 0.3) is 0 Å². The summed E-state index contributed by atoms with van der Waals surface area (Å²) in [4.78, 5) is 2.18. The summed E-state index contributed by atoms with van der Waals surface area (Å²) < 4.78 is 0. The second-order valence-electron chi connectivity index (χ2n) is 4.76. The van der Waals surface area contributed by atoms with Crippen LogP contribution in [-0.4, -0.2) is 49.2 Å². The van der Waals surface area contributed by atoms with E-state index in [2.05, 4.69) is 43.3 Å². The van der Waals surface area contributed by atoms with Crippen molar-refractivity contribution in [3.05, 3.63) is 0 Å². The second-order valence-corrected chi connectivity index (χ2v) is 4.76. The average Bonchev–Trinajstić information content (AvgIpc) is 2.21. The summed E-state index contributed by atoms with van der Waals surface area (Å²) >= 11 is 0. The van der Waals surface area contributed by atoms with Crippen LogP contribution in [-0.2, 0) is 0 Å². The van der Waals surface area contributed by atoms with Gasteiger partial charge in [-0.2, -0.15) is 0 Å². The molecule has 0 radical (unpaired) electrons. The van der Waals surface area contributed by atoms with E-state index >= 15 is 0 Å². The summed E-state index contributed by atoms with van der Waals surface area (Å²) in [5.74, 6) is 0.904. The Morgan fingerprint density at radius 2 is 2.06 bits per heavy atom. The lowest BCUT2D eigenvalue weighted by molar-refractivity contribution is 0.289. The molecule has 1 atom stereocenters. The van der Waals surface area contributed by atoms with Crippen LogP contribution >= 0.6 is 0 Å². The lowest BCUT2D eigenvalue weighted by atomic mass is 10.0. The molecule has 0 aliphatic carbocycles. The van der Waals surface area contributed by atoms with Crippen molar-refractivity contribution in [2.24, 2.45) is 16.8 Å². The molecule has 0 rings (SSSR count). The van der Waals surface area contributed by atoms with Gasteiger partial charge in [-0.25, -0.2) is 0 Å². The molecular formula is C11H26N4O. The van der Waals surface area contributed by atoms with Gasteiger partial charge in [-0.15, -0.1) is 0 Å². The minimum absolute atomic E-state index is 0.301. The highest BCUT2D eigenvalue weighted by Crippen LogP contribution is 2.02. The third-order valence-corrected chi connectivity index (χ3v) is 2.51.